The van der Waals surface area contributed by atoms with Gasteiger partial charge in [0.15, 0.2) is 0 Å². The van der Waals surface area contributed by atoms with Crippen LogP contribution in [0.4, 0.5) is 0 Å². The van der Waals surface area contributed by atoms with E-state index in [9.17, 15) is 4.79 Å². The zero-order chi connectivity index (χ0) is 15.6. The van der Waals surface area contributed by atoms with Crippen molar-refractivity contribution >= 4 is 28.6 Å². The molecule has 0 saturated heterocycles. The molecule has 1 aliphatic rings. The maximum Gasteiger partial charge on any atom is 0.251 e. The molecule has 0 unspecified atom stereocenters. The van der Waals surface area contributed by atoms with Gasteiger partial charge in [0.2, 0.25) is 0 Å². The van der Waals surface area contributed by atoms with Crippen molar-refractivity contribution in [1.29, 1.82) is 0 Å². The minimum Gasteiger partial charge on any atom is -0.493 e. The second-order valence-corrected chi connectivity index (χ2v) is 7.03. The molecule has 0 spiro atoms. The minimum atomic E-state index is -0.0784. The molecule has 6 heteroatoms. The molecule has 4 rings (SSSR count). The molecule has 0 bridgehead atoms. The number of carbonyl (C=O) groups excluding carboxylic acids is 1. The van der Waals surface area contributed by atoms with Gasteiger partial charge in [-0.1, -0.05) is 6.07 Å². The van der Waals surface area contributed by atoms with Crippen LogP contribution in [-0.2, 0) is 13.0 Å². The van der Waals surface area contributed by atoms with Crippen molar-refractivity contribution in [2.24, 2.45) is 0 Å². The molecule has 0 aliphatic carbocycles. The Labute approximate surface area is 141 Å². The summed E-state index contributed by atoms with van der Waals surface area (Å²) in [4.78, 5) is 18.0. The van der Waals surface area contributed by atoms with Gasteiger partial charge in [-0.15, -0.1) is 22.7 Å². The van der Waals surface area contributed by atoms with Crippen LogP contribution in [0.3, 0.4) is 0 Å². The third-order valence-electron chi connectivity index (χ3n) is 3.67. The number of nitrogens with zero attached hydrogens (tertiary/aromatic N) is 1. The molecule has 0 saturated carbocycles. The lowest BCUT2D eigenvalue weighted by molar-refractivity contribution is 0.0950. The predicted molar refractivity (Wildman–Crippen MR) is 92.2 cm³/mol. The summed E-state index contributed by atoms with van der Waals surface area (Å²) in [6.45, 7) is 1.14. The van der Waals surface area contributed by atoms with Gasteiger partial charge in [0, 0.05) is 17.4 Å². The predicted octanol–water partition coefficient (Wildman–Crippen LogP) is 3.74. The van der Waals surface area contributed by atoms with Crippen molar-refractivity contribution in [3.8, 4) is 15.6 Å². The fraction of sp³-hybridized carbons (Fsp3) is 0.176. The lowest BCUT2D eigenvalue weighted by atomic mass is 10.1. The van der Waals surface area contributed by atoms with Crippen LogP contribution in [0.15, 0.2) is 41.1 Å². The first-order valence-electron chi connectivity index (χ1n) is 7.32. The third-order valence-corrected chi connectivity index (χ3v) is 5.60. The fourth-order valence-corrected chi connectivity index (χ4v) is 4.14. The van der Waals surface area contributed by atoms with Gasteiger partial charge in [-0.25, -0.2) is 4.98 Å². The largest absolute Gasteiger partial charge is 0.493 e. The van der Waals surface area contributed by atoms with Crippen molar-refractivity contribution in [2.45, 2.75) is 13.0 Å². The van der Waals surface area contributed by atoms with Crippen LogP contribution < -0.4 is 10.1 Å². The van der Waals surface area contributed by atoms with E-state index in [1.165, 1.54) is 0 Å². The average Bonchev–Trinajstić information content (AvgIpc) is 3.32. The number of nitrogens with one attached hydrogen (secondary N) is 1. The van der Waals surface area contributed by atoms with Crippen LogP contribution in [0.1, 0.15) is 21.6 Å². The monoisotopic (exact) mass is 342 g/mol. The highest BCUT2D eigenvalue weighted by Crippen LogP contribution is 2.28. The average molecular weight is 342 g/mol. The van der Waals surface area contributed by atoms with Crippen LogP contribution >= 0.6 is 22.7 Å². The Morgan fingerprint density at radius 1 is 1.30 bits per heavy atom. The number of ether oxygens (including phenoxy) is 1. The van der Waals surface area contributed by atoms with Crippen LogP contribution in [-0.4, -0.2) is 17.5 Å². The number of carbonyl (C=O) groups is 1. The van der Waals surface area contributed by atoms with Gasteiger partial charge in [-0.05, 0) is 35.2 Å². The minimum absolute atomic E-state index is 0.0784. The quantitative estimate of drug-likeness (QED) is 0.786. The number of amides is 1. The van der Waals surface area contributed by atoms with Crippen LogP contribution in [0, 0.1) is 0 Å². The van der Waals surface area contributed by atoms with Crippen LogP contribution in [0.25, 0.3) is 9.88 Å². The zero-order valence-corrected chi connectivity index (χ0v) is 13.9. The Balaban J connectivity index is 1.42. The van der Waals surface area contributed by atoms with Gasteiger partial charge in [-0.3, -0.25) is 4.79 Å². The van der Waals surface area contributed by atoms with E-state index >= 15 is 0 Å². The molecule has 0 fully saturated rings. The molecule has 116 valence electrons. The first kappa shape index (κ1) is 14.4. The highest BCUT2D eigenvalue weighted by atomic mass is 32.1. The molecule has 0 atom stereocenters. The lowest BCUT2D eigenvalue weighted by Crippen LogP contribution is -2.23. The Hall–Kier alpha value is -2.18. The molecule has 3 heterocycles. The van der Waals surface area contributed by atoms with E-state index in [0.717, 1.165) is 33.3 Å². The summed E-state index contributed by atoms with van der Waals surface area (Å²) < 4.78 is 5.46. The molecule has 1 aliphatic heterocycles. The maximum absolute atomic E-state index is 12.3. The van der Waals surface area contributed by atoms with E-state index < -0.39 is 0 Å². The van der Waals surface area contributed by atoms with Gasteiger partial charge in [0.05, 0.1) is 23.7 Å². The molecule has 0 radical (unpaired) electrons. The summed E-state index contributed by atoms with van der Waals surface area (Å²) in [6, 6.07) is 9.65. The summed E-state index contributed by atoms with van der Waals surface area (Å²) in [5.74, 6) is 0.812. The molecule has 3 aromatic rings. The fourth-order valence-electron chi connectivity index (χ4n) is 2.50. The summed E-state index contributed by atoms with van der Waals surface area (Å²) in [5, 5.41) is 7.96. The molecular formula is C17H14N2O2S2. The van der Waals surface area contributed by atoms with E-state index in [-0.39, 0.29) is 5.91 Å². The summed E-state index contributed by atoms with van der Waals surface area (Å²) in [7, 11) is 0. The van der Waals surface area contributed by atoms with Crippen LogP contribution in [0.2, 0.25) is 0 Å². The summed E-state index contributed by atoms with van der Waals surface area (Å²) in [5.41, 5.74) is 2.66. The van der Waals surface area contributed by atoms with Crippen molar-refractivity contribution < 1.29 is 9.53 Å². The van der Waals surface area contributed by atoms with Crippen molar-refractivity contribution in [3.63, 3.8) is 0 Å². The normalized spacial score (nSPS) is 12.7. The summed E-state index contributed by atoms with van der Waals surface area (Å²) in [6.07, 6.45) is 0.868. The van der Waals surface area contributed by atoms with Crippen LogP contribution in [0.5, 0.6) is 5.75 Å². The Bertz CT molecular complexity index is 840. The van der Waals surface area contributed by atoms with Gasteiger partial charge in [-0.2, -0.15) is 0 Å². The third kappa shape index (κ3) is 3.00. The second kappa shape index (κ2) is 6.14. The van der Waals surface area contributed by atoms with Gasteiger partial charge < -0.3 is 10.1 Å². The number of rotatable bonds is 4. The molecular weight excluding hydrogens is 328 g/mol. The van der Waals surface area contributed by atoms with Gasteiger partial charge >= 0.3 is 0 Å². The molecule has 1 N–H and O–H groups in total. The number of hydrogen-bond acceptors (Lipinski definition) is 5. The first-order chi connectivity index (χ1) is 11.3. The molecule has 1 amide bonds. The smallest absolute Gasteiger partial charge is 0.251 e. The maximum atomic E-state index is 12.3. The topological polar surface area (TPSA) is 51.2 Å². The van der Waals surface area contributed by atoms with E-state index in [1.54, 1.807) is 28.7 Å². The van der Waals surface area contributed by atoms with Gasteiger partial charge in [0.25, 0.3) is 5.91 Å². The van der Waals surface area contributed by atoms with E-state index in [1.807, 2.05) is 29.0 Å². The van der Waals surface area contributed by atoms with E-state index in [4.69, 9.17) is 4.74 Å². The zero-order valence-electron chi connectivity index (χ0n) is 12.2. The van der Waals surface area contributed by atoms with E-state index in [0.29, 0.717) is 18.7 Å². The number of thiazole rings is 1. The number of benzene rings is 1. The Morgan fingerprint density at radius 3 is 3.13 bits per heavy atom. The molecule has 23 heavy (non-hydrogen) atoms. The van der Waals surface area contributed by atoms with Crippen molar-refractivity contribution in [1.82, 2.24) is 10.3 Å². The van der Waals surface area contributed by atoms with Crippen molar-refractivity contribution in [2.75, 3.05) is 6.61 Å². The highest BCUT2D eigenvalue weighted by molar-refractivity contribution is 7.20. The highest BCUT2D eigenvalue weighted by Gasteiger charge is 2.15. The Kier molecular flexibility index (Phi) is 3.85. The standard InChI is InChI=1S/C17H14N2O2S2/c20-16(12-3-4-14-11(8-12)5-6-21-14)18-9-13-10-23-17(19-13)15-2-1-7-22-15/h1-4,7-8,10H,5-6,9H2,(H,18,20). The number of thiophene rings is 1. The lowest BCUT2D eigenvalue weighted by Gasteiger charge is -2.05. The number of aromatic nitrogens is 1. The molecule has 4 nitrogen and oxygen atoms in total. The van der Waals surface area contributed by atoms with E-state index in [2.05, 4.69) is 16.4 Å². The molecule has 1 aromatic carbocycles. The number of hydrogen-bond donors (Lipinski definition) is 1. The second-order valence-electron chi connectivity index (χ2n) is 5.22. The SMILES string of the molecule is O=C(NCc1csc(-c2cccs2)n1)c1ccc2c(c1)CCO2. The molecule has 2 aromatic heterocycles. The summed E-state index contributed by atoms with van der Waals surface area (Å²) >= 11 is 3.27. The van der Waals surface area contributed by atoms with Gasteiger partial charge in [0.1, 0.15) is 10.8 Å². The number of fused-ring (bicyclic) bond motifs is 1. The van der Waals surface area contributed by atoms with Crippen molar-refractivity contribution in [3.05, 3.63) is 57.9 Å². The Morgan fingerprint density at radius 2 is 2.26 bits per heavy atom. The first-order valence-corrected chi connectivity index (χ1v) is 9.08.